The van der Waals surface area contributed by atoms with Crippen molar-refractivity contribution in [3.05, 3.63) is 59.9 Å². The van der Waals surface area contributed by atoms with Crippen LogP contribution in [-0.2, 0) is 5.75 Å². The maximum absolute atomic E-state index is 13.4. The Morgan fingerprint density at radius 1 is 1.22 bits per heavy atom. The molecule has 1 aromatic carbocycles. The molecule has 1 saturated carbocycles. The lowest BCUT2D eigenvalue weighted by atomic mass is 9.70. The predicted molar refractivity (Wildman–Crippen MR) is 121 cm³/mol. The van der Waals surface area contributed by atoms with Gasteiger partial charge in [0, 0.05) is 24.2 Å². The molecule has 0 bridgehead atoms. The van der Waals surface area contributed by atoms with Crippen LogP contribution in [0.1, 0.15) is 56.2 Å². The third-order valence-corrected chi connectivity index (χ3v) is 6.54. The van der Waals surface area contributed by atoms with Gasteiger partial charge in [-0.25, -0.2) is 19.0 Å². The molecular weight excluding hydrogens is 427 g/mol. The first-order valence-electron chi connectivity index (χ1n) is 10.7. The van der Waals surface area contributed by atoms with Crippen LogP contribution < -0.4 is 5.32 Å². The fourth-order valence-electron chi connectivity index (χ4n) is 4.60. The van der Waals surface area contributed by atoms with Crippen molar-refractivity contribution in [3.63, 3.8) is 0 Å². The molecule has 1 amide bonds. The Bertz CT molecular complexity index is 1070. The molecule has 1 fully saturated rings. The third-order valence-electron chi connectivity index (χ3n) is 5.65. The van der Waals surface area contributed by atoms with E-state index in [9.17, 15) is 9.18 Å². The molecule has 4 rings (SSSR count). The quantitative estimate of drug-likeness (QED) is 0.438. The minimum Gasteiger partial charge on any atom is -0.348 e. The van der Waals surface area contributed by atoms with Crippen LogP contribution in [0.4, 0.5) is 4.39 Å². The Balaban J connectivity index is 1.60. The summed E-state index contributed by atoms with van der Waals surface area (Å²) in [6.07, 6.45) is 6.37. The molecule has 1 aliphatic rings. The fourth-order valence-corrected chi connectivity index (χ4v) is 5.40. The van der Waals surface area contributed by atoms with Crippen LogP contribution in [0.25, 0.3) is 5.69 Å². The zero-order valence-corrected chi connectivity index (χ0v) is 19.3. The minimum absolute atomic E-state index is 0.0928. The summed E-state index contributed by atoms with van der Waals surface area (Å²) in [6.45, 7) is 6.72. The van der Waals surface area contributed by atoms with Crippen LogP contribution in [0.2, 0.25) is 0 Å². The number of rotatable bonds is 6. The van der Waals surface area contributed by atoms with Crippen LogP contribution in [0.15, 0.2) is 47.9 Å². The molecule has 32 heavy (non-hydrogen) atoms. The number of halogens is 1. The summed E-state index contributed by atoms with van der Waals surface area (Å²) in [6, 6.07) is 7.79. The number of aromatic nitrogens is 5. The highest BCUT2D eigenvalue weighted by Crippen LogP contribution is 2.38. The van der Waals surface area contributed by atoms with Crippen LogP contribution in [0.3, 0.4) is 0 Å². The number of amides is 1. The second-order valence-electron chi connectivity index (χ2n) is 9.18. The number of nitrogens with zero attached hydrogens (tertiary/aromatic N) is 5. The molecular formula is C23H27FN6OS. The lowest BCUT2D eigenvalue weighted by molar-refractivity contribution is 0.0868. The zero-order valence-electron chi connectivity index (χ0n) is 18.5. The summed E-state index contributed by atoms with van der Waals surface area (Å²) in [5, 5.41) is 12.2. The standard InChI is InChI=1S/C23H27FN6OS/c1-15-11-17(13-23(2,3)12-15)27-21(31)20-19(14-32-22-25-9-4-10-26-22)30(29-28-20)18-7-5-16(24)6-8-18/h4-10,15,17H,11-14H2,1-3H3,(H,27,31). The predicted octanol–water partition coefficient (Wildman–Crippen LogP) is 4.43. The lowest BCUT2D eigenvalue weighted by Gasteiger charge is -2.39. The number of carbonyl (C=O) groups is 1. The van der Waals surface area contributed by atoms with Crippen molar-refractivity contribution in [1.29, 1.82) is 0 Å². The first-order valence-corrected chi connectivity index (χ1v) is 11.7. The van der Waals surface area contributed by atoms with Gasteiger partial charge in [-0.15, -0.1) is 5.10 Å². The van der Waals surface area contributed by atoms with Gasteiger partial charge in [0.15, 0.2) is 10.9 Å². The van der Waals surface area contributed by atoms with Gasteiger partial charge in [-0.1, -0.05) is 37.7 Å². The monoisotopic (exact) mass is 454 g/mol. The first kappa shape index (κ1) is 22.4. The topological polar surface area (TPSA) is 85.6 Å². The van der Waals surface area contributed by atoms with E-state index in [0.29, 0.717) is 28.2 Å². The summed E-state index contributed by atoms with van der Waals surface area (Å²) < 4.78 is 15.0. The Morgan fingerprint density at radius 3 is 2.62 bits per heavy atom. The molecule has 0 saturated heterocycles. The average Bonchev–Trinajstić information content (AvgIpc) is 3.16. The van der Waals surface area contributed by atoms with E-state index in [1.807, 2.05) is 0 Å². The highest BCUT2D eigenvalue weighted by Gasteiger charge is 2.33. The van der Waals surface area contributed by atoms with E-state index < -0.39 is 0 Å². The van der Waals surface area contributed by atoms with E-state index in [1.165, 1.54) is 23.9 Å². The number of hydrogen-bond donors (Lipinski definition) is 1. The fraction of sp³-hybridized carbons (Fsp3) is 0.435. The highest BCUT2D eigenvalue weighted by molar-refractivity contribution is 7.98. The minimum atomic E-state index is -0.338. The number of benzene rings is 1. The van der Waals surface area contributed by atoms with E-state index >= 15 is 0 Å². The van der Waals surface area contributed by atoms with Gasteiger partial charge in [-0.3, -0.25) is 4.79 Å². The van der Waals surface area contributed by atoms with Crippen molar-refractivity contribution in [2.24, 2.45) is 11.3 Å². The molecule has 2 aromatic heterocycles. The molecule has 3 aromatic rings. The Morgan fingerprint density at radius 2 is 1.94 bits per heavy atom. The van der Waals surface area contributed by atoms with E-state index in [0.717, 1.165) is 19.3 Å². The normalized spacial score (nSPS) is 20.1. The molecule has 168 valence electrons. The summed E-state index contributed by atoms with van der Waals surface area (Å²) in [4.78, 5) is 21.7. The van der Waals surface area contributed by atoms with Gasteiger partial charge < -0.3 is 5.32 Å². The molecule has 2 heterocycles. The SMILES string of the molecule is CC1CC(NC(=O)c2nnn(-c3ccc(F)cc3)c2CSc2ncccn2)CC(C)(C)C1. The van der Waals surface area contributed by atoms with Gasteiger partial charge in [-0.05, 0) is 60.9 Å². The maximum atomic E-state index is 13.4. The zero-order chi connectivity index (χ0) is 22.7. The van der Waals surface area contributed by atoms with E-state index in [4.69, 9.17) is 0 Å². The lowest BCUT2D eigenvalue weighted by Crippen LogP contribution is -2.43. The molecule has 1 aliphatic carbocycles. The van der Waals surface area contributed by atoms with Gasteiger partial charge in [0.05, 0.1) is 11.4 Å². The van der Waals surface area contributed by atoms with Gasteiger partial charge >= 0.3 is 0 Å². The van der Waals surface area contributed by atoms with Crippen molar-refractivity contribution in [2.75, 3.05) is 0 Å². The number of nitrogens with one attached hydrogen (secondary N) is 1. The smallest absolute Gasteiger partial charge is 0.274 e. The Labute approximate surface area is 191 Å². The second kappa shape index (κ2) is 9.36. The molecule has 0 spiro atoms. The molecule has 1 N–H and O–H groups in total. The van der Waals surface area contributed by atoms with Gasteiger partial charge in [0.2, 0.25) is 0 Å². The summed E-state index contributed by atoms with van der Waals surface area (Å²) in [5.41, 5.74) is 1.71. The van der Waals surface area contributed by atoms with Crippen LogP contribution >= 0.6 is 11.8 Å². The van der Waals surface area contributed by atoms with Crippen molar-refractivity contribution in [3.8, 4) is 5.69 Å². The van der Waals surface area contributed by atoms with E-state index in [-0.39, 0.29) is 28.9 Å². The van der Waals surface area contributed by atoms with Gasteiger partial charge in [0.25, 0.3) is 5.91 Å². The molecule has 0 aliphatic heterocycles. The van der Waals surface area contributed by atoms with Gasteiger partial charge in [-0.2, -0.15) is 0 Å². The van der Waals surface area contributed by atoms with E-state index in [1.54, 1.807) is 35.3 Å². The third kappa shape index (κ3) is 5.32. The van der Waals surface area contributed by atoms with Crippen LogP contribution in [0, 0.1) is 17.2 Å². The van der Waals surface area contributed by atoms with Crippen molar-refractivity contribution >= 4 is 17.7 Å². The molecule has 7 nitrogen and oxygen atoms in total. The maximum Gasteiger partial charge on any atom is 0.274 e. The van der Waals surface area contributed by atoms with Crippen molar-refractivity contribution in [1.82, 2.24) is 30.3 Å². The number of hydrogen-bond acceptors (Lipinski definition) is 6. The van der Waals surface area contributed by atoms with Crippen LogP contribution in [-0.4, -0.2) is 36.9 Å². The first-order chi connectivity index (χ1) is 15.3. The van der Waals surface area contributed by atoms with Crippen molar-refractivity contribution in [2.45, 2.75) is 57.0 Å². The summed E-state index contributed by atoms with van der Waals surface area (Å²) in [7, 11) is 0. The van der Waals surface area contributed by atoms with Gasteiger partial charge in [0.1, 0.15) is 5.82 Å². The summed E-state index contributed by atoms with van der Waals surface area (Å²) in [5.74, 6) is 0.362. The Kier molecular flexibility index (Phi) is 6.55. The van der Waals surface area contributed by atoms with E-state index in [2.05, 4.69) is 46.4 Å². The number of carbonyl (C=O) groups excluding carboxylic acids is 1. The highest BCUT2D eigenvalue weighted by atomic mass is 32.2. The van der Waals surface area contributed by atoms with Crippen molar-refractivity contribution < 1.29 is 9.18 Å². The second-order valence-corrected chi connectivity index (χ2v) is 10.1. The molecule has 2 atom stereocenters. The Hall–Kier alpha value is -2.81. The average molecular weight is 455 g/mol. The molecule has 2 unspecified atom stereocenters. The van der Waals surface area contributed by atoms with Crippen LogP contribution in [0.5, 0.6) is 0 Å². The largest absolute Gasteiger partial charge is 0.348 e. The molecule has 9 heteroatoms. The molecule has 0 radical (unpaired) electrons. The summed E-state index contributed by atoms with van der Waals surface area (Å²) >= 11 is 1.39. The number of thioether (sulfide) groups is 1.